The zero-order valence-corrected chi connectivity index (χ0v) is 31.4. The summed E-state index contributed by atoms with van der Waals surface area (Å²) in [6.45, 7) is 2.88. The molecule has 0 radical (unpaired) electrons. The summed E-state index contributed by atoms with van der Waals surface area (Å²) in [6.07, 6.45) is 8.91. The van der Waals surface area contributed by atoms with Crippen molar-refractivity contribution in [3.8, 4) is 0 Å². The molecule has 8 amide bonds. The van der Waals surface area contributed by atoms with Gasteiger partial charge in [-0.3, -0.25) is 38.4 Å². The smallest absolute Gasteiger partial charge is 0.242 e. The third-order valence-electron chi connectivity index (χ3n) is 8.85. The van der Waals surface area contributed by atoms with Gasteiger partial charge in [-0.15, -0.1) is 0 Å². The van der Waals surface area contributed by atoms with Gasteiger partial charge < -0.3 is 53.6 Å². The maximum Gasteiger partial charge on any atom is 0.242 e. The van der Waals surface area contributed by atoms with E-state index in [1.807, 2.05) is 0 Å². The normalized spacial score (nSPS) is 15.3. The number of hydrogen-bond donors (Lipinski definition) is 9. The van der Waals surface area contributed by atoms with Gasteiger partial charge in [0.25, 0.3) is 0 Å². The lowest BCUT2D eigenvalue weighted by molar-refractivity contribution is -0.139. The minimum Gasteiger partial charge on any atom is -0.368 e. The Hall–Kier alpha value is -4.32. The molecule has 2 saturated carbocycles. The Bertz CT molecular complexity index is 1190. The van der Waals surface area contributed by atoms with Gasteiger partial charge >= 0.3 is 0 Å². The standard InChI is InChI=1S/C35H62N10O8/c1-23(46)38-17-6-5-11-29(42-24(2)47)35(53)41-20-16-32(50)45(21-30(48)39-18-7-3-9-27(33(36)51)43-25-12-13-25)22-31(49)40-19-8-4-10-28(34(37)52)44-26-14-15-26/h25-29,43-44H,3-22H2,1-2H3,(H2,36,51)(H2,37,52)(H,38,46)(H,39,48)(H,40,49)(H,41,53)(H,42,47). The van der Waals surface area contributed by atoms with Gasteiger partial charge in [0.1, 0.15) is 19.1 Å². The van der Waals surface area contributed by atoms with Crippen LogP contribution in [0.5, 0.6) is 0 Å². The highest BCUT2D eigenvalue weighted by Crippen LogP contribution is 2.21. The van der Waals surface area contributed by atoms with Gasteiger partial charge in [0.15, 0.2) is 0 Å². The zero-order valence-electron chi connectivity index (χ0n) is 31.4. The predicted octanol–water partition coefficient (Wildman–Crippen LogP) is -2.08. The summed E-state index contributed by atoms with van der Waals surface area (Å²) in [5, 5.41) is 19.9. The van der Waals surface area contributed by atoms with Crippen molar-refractivity contribution < 1.29 is 38.4 Å². The summed E-state index contributed by atoms with van der Waals surface area (Å²) in [6, 6.07) is -1.01. The summed E-state index contributed by atoms with van der Waals surface area (Å²) < 4.78 is 0. The molecule has 11 N–H and O–H groups in total. The minimum atomic E-state index is -0.835. The molecule has 0 aromatic heterocycles. The van der Waals surface area contributed by atoms with Crippen LogP contribution in [-0.4, -0.2) is 122 Å². The van der Waals surface area contributed by atoms with E-state index in [4.69, 9.17) is 11.5 Å². The molecule has 3 unspecified atom stereocenters. The monoisotopic (exact) mass is 750 g/mol. The molecule has 0 aliphatic heterocycles. The molecule has 0 aromatic carbocycles. The summed E-state index contributed by atoms with van der Waals surface area (Å²) in [7, 11) is 0. The number of amides is 8. The van der Waals surface area contributed by atoms with Gasteiger partial charge in [0, 0.05) is 58.5 Å². The fourth-order valence-corrected chi connectivity index (χ4v) is 5.60. The molecule has 18 heteroatoms. The average Bonchev–Trinajstić information content (AvgIpc) is 4.02. The minimum absolute atomic E-state index is 0.0920. The third kappa shape index (κ3) is 21.7. The van der Waals surface area contributed by atoms with Gasteiger partial charge in [0.05, 0.1) is 12.1 Å². The van der Waals surface area contributed by atoms with Gasteiger partial charge in [-0.25, -0.2) is 0 Å². The second kappa shape index (κ2) is 24.8. The molecule has 0 saturated heterocycles. The lowest BCUT2D eigenvalue weighted by Gasteiger charge is -2.23. The molecule has 53 heavy (non-hydrogen) atoms. The first kappa shape index (κ1) is 44.8. The Morgan fingerprint density at radius 1 is 0.566 bits per heavy atom. The van der Waals surface area contributed by atoms with Crippen molar-refractivity contribution in [1.82, 2.24) is 42.1 Å². The summed E-state index contributed by atoms with van der Waals surface area (Å²) in [5.41, 5.74) is 11.0. The fraction of sp³-hybridized carbons (Fsp3) is 0.771. The Balaban J connectivity index is 1.86. The second-order valence-corrected chi connectivity index (χ2v) is 14.0. The maximum atomic E-state index is 13.3. The largest absolute Gasteiger partial charge is 0.368 e. The van der Waals surface area contributed by atoms with E-state index in [1.54, 1.807) is 0 Å². The van der Waals surface area contributed by atoms with Gasteiger partial charge in [-0.2, -0.15) is 0 Å². The molecule has 3 atom stereocenters. The first-order valence-electron chi connectivity index (χ1n) is 19.0. The molecular formula is C35H62N10O8. The van der Waals surface area contributed by atoms with Crippen molar-refractivity contribution in [2.75, 3.05) is 39.3 Å². The molecule has 2 aliphatic carbocycles. The van der Waals surface area contributed by atoms with Crippen LogP contribution in [0.1, 0.15) is 104 Å². The summed E-state index contributed by atoms with van der Waals surface area (Å²) >= 11 is 0. The molecule has 0 bridgehead atoms. The van der Waals surface area contributed by atoms with Crippen LogP contribution in [0.4, 0.5) is 0 Å². The highest BCUT2D eigenvalue weighted by molar-refractivity contribution is 5.90. The fourth-order valence-electron chi connectivity index (χ4n) is 5.60. The Morgan fingerprint density at radius 2 is 1.00 bits per heavy atom. The quantitative estimate of drug-likeness (QED) is 0.0362. The highest BCUT2D eigenvalue weighted by atomic mass is 16.2. The van der Waals surface area contributed by atoms with Crippen molar-refractivity contribution in [3.05, 3.63) is 0 Å². The van der Waals surface area contributed by atoms with Gasteiger partial charge in [-0.05, 0) is 83.5 Å². The van der Waals surface area contributed by atoms with Crippen molar-refractivity contribution >= 4 is 47.3 Å². The number of nitrogens with one attached hydrogen (secondary N) is 7. The number of primary amides is 2. The maximum absolute atomic E-state index is 13.3. The molecular weight excluding hydrogens is 688 g/mol. The number of unbranched alkanes of at least 4 members (excludes halogenated alkanes) is 3. The van der Waals surface area contributed by atoms with Crippen LogP contribution in [0.3, 0.4) is 0 Å². The average molecular weight is 751 g/mol. The molecule has 18 nitrogen and oxygen atoms in total. The number of nitrogens with two attached hydrogens (primary N) is 2. The Kier molecular flexibility index (Phi) is 21.0. The van der Waals surface area contributed by atoms with E-state index in [0.717, 1.165) is 30.6 Å². The van der Waals surface area contributed by atoms with Crippen molar-refractivity contribution in [2.24, 2.45) is 11.5 Å². The second-order valence-electron chi connectivity index (χ2n) is 14.0. The number of rotatable bonds is 30. The van der Waals surface area contributed by atoms with Crippen LogP contribution >= 0.6 is 0 Å². The molecule has 2 aliphatic rings. The van der Waals surface area contributed by atoms with Crippen molar-refractivity contribution in [1.29, 1.82) is 0 Å². The van der Waals surface area contributed by atoms with E-state index in [0.29, 0.717) is 89.5 Å². The lowest BCUT2D eigenvalue weighted by atomic mass is 10.1. The van der Waals surface area contributed by atoms with E-state index in [1.165, 1.54) is 13.8 Å². The lowest BCUT2D eigenvalue weighted by Crippen LogP contribution is -2.48. The van der Waals surface area contributed by atoms with Crippen LogP contribution in [0, 0.1) is 0 Å². The van der Waals surface area contributed by atoms with E-state index < -0.39 is 59.5 Å². The first-order valence-corrected chi connectivity index (χ1v) is 19.0. The van der Waals surface area contributed by atoms with Gasteiger partial charge in [-0.1, -0.05) is 0 Å². The zero-order chi connectivity index (χ0) is 39.2. The first-order chi connectivity index (χ1) is 25.2. The molecule has 0 spiro atoms. The SMILES string of the molecule is CC(=O)NCCCCC(NC(C)=O)C(=O)NCCC(=O)N(CC(=O)NCCCCC(NC1CC1)C(N)=O)CC(=O)NCCCCC(NC1CC1)C(N)=O. The van der Waals surface area contributed by atoms with E-state index in [2.05, 4.69) is 37.2 Å². The van der Waals surface area contributed by atoms with E-state index >= 15 is 0 Å². The van der Waals surface area contributed by atoms with E-state index in [-0.39, 0.29) is 32.0 Å². The van der Waals surface area contributed by atoms with Gasteiger partial charge in [0.2, 0.25) is 47.3 Å². The van der Waals surface area contributed by atoms with E-state index in [9.17, 15) is 38.4 Å². The topological polar surface area (TPSA) is 276 Å². The Labute approximate surface area is 312 Å². The van der Waals surface area contributed by atoms with Crippen LogP contribution in [0.2, 0.25) is 0 Å². The third-order valence-corrected chi connectivity index (χ3v) is 8.85. The molecule has 300 valence electrons. The van der Waals surface area contributed by atoms with Crippen molar-refractivity contribution in [2.45, 2.75) is 134 Å². The number of carbonyl (C=O) groups excluding carboxylic acids is 8. The molecule has 0 heterocycles. The predicted molar refractivity (Wildman–Crippen MR) is 196 cm³/mol. The van der Waals surface area contributed by atoms with Crippen LogP contribution in [-0.2, 0) is 38.4 Å². The van der Waals surface area contributed by atoms with Crippen molar-refractivity contribution in [3.63, 3.8) is 0 Å². The van der Waals surface area contributed by atoms with Crippen LogP contribution in [0.15, 0.2) is 0 Å². The highest BCUT2D eigenvalue weighted by Gasteiger charge is 2.28. The Morgan fingerprint density at radius 3 is 1.40 bits per heavy atom. The summed E-state index contributed by atoms with van der Waals surface area (Å²) in [5.74, 6) is -3.32. The molecule has 0 aromatic rings. The molecule has 2 rings (SSSR count). The number of carbonyl (C=O) groups is 8. The molecule has 2 fully saturated rings. The summed E-state index contributed by atoms with van der Waals surface area (Å²) in [4.78, 5) is 99.2. The van der Waals surface area contributed by atoms with Crippen LogP contribution in [0.25, 0.3) is 0 Å². The van der Waals surface area contributed by atoms with Crippen LogP contribution < -0.4 is 48.7 Å². The number of hydrogen-bond acceptors (Lipinski definition) is 10. The number of nitrogens with zero attached hydrogens (tertiary/aromatic N) is 1.